The van der Waals surface area contributed by atoms with Gasteiger partial charge < -0.3 is 15.3 Å². The van der Waals surface area contributed by atoms with Gasteiger partial charge in [-0.25, -0.2) is 0 Å². The number of nitrogens with zero attached hydrogens (tertiary/aromatic N) is 2. The minimum atomic E-state index is -0.695. The summed E-state index contributed by atoms with van der Waals surface area (Å²) < 4.78 is 0. The summed E-state index contributed by atoms with van der Waals surface area (Å²) >= 11 is 0. The van der Waals surface area contributed by atoms with Crippen molar-refractivity contribution >= 4 is 0 Å². The van der Waals surface area contributed by atoms with Crippen LogP contribution in [0.2, 0.25) is 0 Å². The maximum absolute atomic E-state index is 9.88. The Bertz CT molecular complexity index is 276. The van der Waals surface area contributed by atoms with E-state index in [2.05, 4.69) is 4.98 Å². The van der Waals surface area contributed by atoms with Gasteiger partial charge >= 0.3 is 0 Å². The van der Waals surface area contributed by atoms with Crippen molar-refractivity contribution in [3.8, 4) is 0 Å². The highest BCUT2D eigenvalue weighted by Crippen LogP contribution is 2.10. The number of rotatable bonds is 7. The molecule has 0 aliphatic carbocycles. The van der Waals surface area contributed by atoms with Gasteiger partial charge in [0.05, 0.1) is 18.9 Å². The lowest BCUT2D eigenvalue weighted by Crippen LogP contribution is -2.33. The number of hydrogen-bond donors (Lipinski definition) is 3. The van der Waals surface area contributed by atoms with Crippen LogP contribution in [0.15, 0.2) is 24.4 Å². The van der Waals surface area contributed by atoms with E-state index in [1.165, 1.54) is 0 Å². The Morgan fingerprint density at radius 1 is 1.19 bits per heavy atom. The Labute approximate surface area is 95.0 Å². The standard InChI is InChI=1S/C11H18N2O3/c14-7-5-13(6-8-15)9-11(16)10-3-1-2-4-12-10/h1-4,11,14-16H,5-9H2. The molecule has 5 heteroatoms. The minimum absolute atomic E-state index is 0.00887. The van der Waals surface area contributed by atoms with Crippen molar-refractivity contribution in [3.63, 3.8) is 0 Å². The van der Waals surface area contributed by atoms with Gasteiger partial charge in [-0.15, -0.1) is 0 Å². The summed E-state index contributed by atoms with van der Waals surface area (Å²) in [5.74, 6) is 0. The summed E-state index contributed by atoms with van der Waals surface area (Å²) in [7, 11) is 0. The fraction of sp³-hybridized carbons (Fsp3) is 0.545. The maximum atomic E-state index is 9.88. The maximum Gasteiger partial charge on any atom is 0.109 e. The van der Waals surface area contributed by atoms with E-state index in [-0.39, 0.29) is 13.2 Å². The molecule has 1 unspecified atom stereocenters. The van der Waals surface area contributed by atoms with Crippen LogP contribution in [-0.4, -0.2) is 58.1 Å². The van der Waals surface area contributed by atoms with Crippen LogP contribution in [0.25, 0.3) is 0 Å². The Balaban J connectivity index is 2.50. The Hall–Kier alpha value is -1.01. The molecule has 0 aromatic carbocycles. The van der Waals surface area contributed by atoms with E-state index in [0.29, 0.717) is 25.3 Å². The van der Waals surface area contributed by atoms with E-state index in [1.54, 1.807) is 23.2 Å². The molecule has 5 nitrogen and oxygen atoms in total. The molecule has 0 radical (unpaired) electrons. The lowest BCUT2D eigenvalue weighted by molar-refractivity contribution is 0.0851. The van der Waals surface area contributed by atoms with Gasteiger partial charge in [0.15, 0.2) is 0 Å². The van der Waals surface area contributed by atoms with Crippen LogP contribution in [-0.2, 0) is 0 Å². The highest BCUT2D eigenvalue weighted by Gasteiger charge is 2.13. The number of hydrogen-bond acceptors (Lipinski definition) is 5. The van der Waals surface area contributed by atoms with Crippen molar-refractivity contribution in [1.29, 1.82) is 0 Å². The van der Waals surface area contributed by atoms with Gasteiger partial charge in [-0.2, -0.15) is 0 Å². The first-order valence-electron chi connectivity index (χ1n) is 5.31. The van der Waals surface area contributed by atoms with Crippen LogP contribution >= 0.6 is 0 Å². The molecule has 1 rings (SSSR count). The molecule has 3 N–H and O–H groups in total. The zero-order valence-corrected chi connectivity index (χ0v) is 9.16. The van der Waals surface area contributed by atoms with Crippen LogP contribution in [0.5, 0.6) is 0 Å². The first-order valence-corrected chi connectivity index (χ1v) is 5.31. The van der Waals surface area contributed by atoms with Crippen LogP contribution in [0.1, 0.15) is 11.8 Å². The lowest BCUT2D eigenvalue weighted by atomic mass is 10.2. The largest absolute Gasteiger partial charge is 0.395 e. The normalized spacial score (nSPS) is 13.0. The van der Waals surface area contributed by atoms with Crippen molar-refractivity contribution in [2.45, 2.75) is 6.10 Å². The fourth-order valence-electron chi connectivity index (χ4n) is 1.49. The second-order valence-corrected chi connectivity index (χ2v) is 3.52. The molecule has 1 atom stereocenters. The topological polar surface area (TPSA) is 76.8 Å². The third-order valence-electron chi connectivity index (χ3n) is 2.29. The highest BCUT2D eigenvalue weighted by molar-refractivity contribution is 5.06. The molecule has 90 valence electrons. The van der Waals surface area contributed by atoms with Gasteiger partial charge in [-0.1, -0.05) is 6.07 Å². The van der Waals surface area contributed by atoms with Gasteiger partial charge in [0.2, 0.25) is 0 Å². The molecule has 0 aliphatic rings. The van der Waals surface area contributed by atoms with E-state index in [4.69, 9.17) is 10.2 Å². The van der Waals surface area contributed by atoms with Crippen molar-refractivity contribution in [2.75, 3.05) is 32.8 Å². The summed E-state index contributed by atoms with van der Waals surface area (Å²) in [5.41, 5.74) is 0.600. The molecular formula is C11H18N2O3. The molecule has 0 spiro atoms. The number of pyridine rings is 1. The highest BCUT2D eigenvalue weighted by atomic mass is 16.3. The van der Waals surface area contributed by atoms with E-state index >= 15 is 0 Å². The molecule has 0 aliphatic heterocycles. The van der Waals surface area contributed by atoms with Crippen LogP contribution in [0.3, 0.4) is 0 Å². The molecule has 1 aromatic rings. The first-order chi connectivity index (χ1) is 7.77. The first kappa shape index (κ1) is 13.1. The van der Waals surface area contributed by atoms with Crippen molar-refractivity contribution in [3.05, 3.63) is 30.1 Å². The predicted octanol–water partition coefficient (Wildman–Crippen LogP) is -0.598. The predicted molar refractivity (Wildman–Crippen MR) is 59.8 cm³/mol. The van der Waals surface area contributed by atoms with E-state index in [1.807, 2.05) is 6.07 Å². The minimum Gasteiger partial charge on any atom is -0.395 e. The monoisotopic (exact) mass is 226 g/mol. The van der Waals surface area contributed by atoms with Crippen molar-refractivity contribution in [2.24, 2.45) is 0 Å². The molecule has 16 heavy (non-hydrogen) atoms. The second kappa shape index (κ2) is 7.29. The Morgan fingerprint density at radius 2 is 1.88 bits per heavy atom. The average Bonchev–Trinajstić information content (AvgIpc) is 2.31. The van der Waals surface area contributed by atoms with Gasteiger partial charge in [0.1, 0.15) is 6.10 Å². The zero-order chi connectivity index (χ0) is 11.8. The van der Waals surface area contributed by atoms with Gasteiger partial charge in [-0.3, -0.25) is 9.88 Å². The van der Waals surface area contributed by atoms with Crippen LogP contribution < -0.4 is 0 Å². The molecule has 1 aromatic heterocycles. The second-order valence-electron chi connectivity index (χ2n) is 3.52. The van der Waals surface area contributed by atoms with Crippen LogP contribution in [0, 0.1) is 0 Å². The lowest BCUT2D eigenvalue weighted by Gasteiger charge is -2.22. The van der Waals surface area contributed by atoms with E-state index in [9.17, 15) is 5.11 Å². The molecular weight excluding hydrogens is 208 g/mol. The molecule has 0 fully saturated rings. The molecule has 1 heterocycles. The summed E-state index contributed by atoms with van der Waals surface area (Å²) in [5, 5.41) is 27.5. The smallest absolute Gasteiger partial charge is 0.109 e. The number of aliphatic hydroxyl groups is 3. The summed E-state index contributed by atoms with van der Waals surface area (Å²) in [6.07, 6.45) is 0.931. The fourth-order valence-corrected chi connectivity index (χ4v) is 1.49. The van der Waals surface area contributed by atoms with Crippen molar-refractivity contribution < 1.29 is 15.3 Å². The number of aromatic nitrogens is 1. The summed E-state index contributed by atoms with van der Waals surface area (Å²) in [6.45, 7) is 1.25. The summed E-state index contributed by atoms with van der Waals surface area (Å²) in [6, 6.07) is 5.35. The Kier molecular flexibility index (Phi) is 5.95. The summed E-state index contributed by atoms with van der Waals surface area (Å²) in [4.78, 5) is 5.84. The third-order valence-corrected chi connectivity index (χ3v) is 2.29. The van der Waals surface area contributed by atoms with Gasteiger partial charge in [0, 0.05) is 25.8 Å². The van der Waals surface area contributed by atoms with Gasteiger partial charge in [0.25, 0.3) is 0 Å². The molecule has 0 saturated carbocycles. The molecule has 0 saturated heterocycles. The SMILES string of the molecule is OCCN(CCO)CC(O)c1ccccn1. The quantitative estimate of drug-likeness (QED) is 0.579. The van der Waals surface area contributed by atoms with Crippen molar-refractivity contribution in [1.82, 2.24) is 9.88 Å². The van der Waals surface area contributed by atoms with E-state index in [0.717, 1.165) is 0 Å². The average molecular weight is 226 g/mol. The number of aliphatic hydroxyl groups excluding tert-OH is 3. The zero-order valence-electron chi connectivity index (χ0n) is 9.16. The van der Waals surface area contributed by atoms with Crippen LogP contribution in [0.4, 0.5) is 0 Å². The van der Waals surface area contributed by atoms with E-state index < -0.39 is 6.10 Å². The van der Waals surface area contributed by atoms with Gasteiger partial charge in [-0.05, 0) is 12.1 Å². The molecule has 0 bridgehead atoms. The molecule has 0 amide bonds. The third kappa shape index (κ3) is 4.24. The Morgan fingerprint density at radius 3 is 2.38 bits per heavy atom.